The summed E-state index contributed by atoms with van der Waals surface area (Å²) in [5.74, 6) is 0.729. The Hall–Kier alpha value is -1.76. The predicted molar refractivity (Wildman–Crippen MR) is 93.9 cm³/mol. The standard InChI is InChI=1S/C19H26FN3O2/c1-3-18-21-14(2)17(22-18)11-23-8-9-25-19(12-23,13-24)10-15-6-4-5-7-16(15)20/h4-7,24H,3,8-13H2,1-2H3,(H,21,22)/t19-/m0/s1. The number of morpholine rings is 1. The van der Waals surface area contributed by atoms with Gasteiger partial charge in [0.25, 0.3) is 0 Å². The molecule has 0 amide bonds. The lowest BCUT2D eigenvalue weighted by atomic mass is 9.92. The van der Waals surface area contributed by atoms with Gasteiger partial charge in [-0.15, -0.1) is 0 Å². The molecule has 1 aliphatic heterocycles. The molecule has 2 aromatic rings. The number of rotatable bonds is 6. The highest BCUT2D eigenvalue weighted by molar-refractivity contribution is 5.20. The number of hydrogen-bond acceptors (Lipinski definition) is 4. The van der Waals surface area contributed by atoms with E-state index in [9.17, 15) is 9.50 Å². The van der Waals surface area contributed by atoms with Crippen LogP contribution in [-0.4, -0.2) is 51.9 Å². The molecule has 2 N–H and O–H groups in total. The minimum atomic E-state index is -0.780. The van der Waals surface area contributed by atoms with Gasteiger partial charge >= 0.3 is 0 Å². The molecule has 0 saturated carbocycles. The van der Waals surface area contributed by atoms with Crippen LogP contribution in [0, 0.1) is 12.7 Å². The van der Waals surface area contributed by atoms with Crippen molar-refractivity contribution in [3.05, 3.63) is 52.9 Å². The summed E-state index contributed by atoms with van der Waals surface area (Å²) in [4.78, 5) is 10.2. The second kappa shape index (κ2) is 7.64. The Morgan fingerprint density at radius 1 is 1.40 bits per heavy atom. The third kappa shape index (κ3) is 4.08. The predicted octanol–water partition coefficient (Wildman–Crippen LogP) is 2.23. The van der Waals surface area contributed by atoms with E-state index in [1.807, 2.05) is 13.0 Å². The minimum Gasteiger partial charge on any atom is -0.393 e. The van der Waals surface area contributed by atoms with Crippen LogP contribution in [0.25, 0.3) is 0 Å². The summed E-state index contributed by atoms with van der Waals surface area (Å²) in [5, 5.41) is 9.98. The fraction of sp³-hybridized carbons (Fsp3) is 0.526. The van der Waals surface area contributed by atoms with E-state index in [4.69, 9.17) is 4.74 Å². The number of aromatic nitrogens is 2. The Labute approximate surface area is 147 Å². The summed E-state index contributed by atoms with van der Waals surface area (Å²) >= 11 is 0. The molecule has 25 heavy (non-hydrogen) atoms. The number of H-pyrrole nitrogens is 1. The van der Waals surface area contributed by atoms with Gasteiger partial charge in [0.2, 0.25) is 0 Å². The van der Waals surface area contributed by atoms with E-state index in [1.54, 1.807) is 12.1 Å². The highest BCUT2D eigenvalue weighted by atomic mass is 19.1. The van der Waals surface area contributed by atoms with Crippen LogP contribution in [0.4, 0.5) is 4.39 Å². The Bertz CT molecular complexity index is 718. The molecular weight excluding hydrogens is 321 g/mol. The molecule has 1 atom stereocenters. The molecule has 0 spiro atoms. The van der Waals surface area contributed by atoms with Gasteiger partial charge in [0.15, 0.2) is 0 Å². The average Bonchev–Trinajstić information content (AvgIpc) is 2.97. The van der Waals surface area contributed by atoms with E-state index in [1.165, 1.54) is 6.07 Å². The number of nitrogens with zero attached hydrogens (tertiary/aromatic N) is 2. The molecular formula is C19H26FN3O2. The number of ether oxygens (including phenoxy) is 1. The number of aliphatic hydroxyl groups excluding tert-OH is 1. The normalized spacial score (nSPS) is 21.6. The number of aliphatic hydroxyl groups is 1. The van der Waals surface area contributed by atoms with Crippen molar-refractivity contribution < 1.29 is 14.2 Å². The lowest BCUT2D eigenvalue weighted by Gasteiger charge is -2.41. The zero-order valence-corrected chi connectivity index (χ0v) is 14.9. The highest BCUT2D eigenvalue weighted by Gasteiger charge is 2.37. The van der Waals surface area contributed by atoms with Crippen LogP contribution in [0.5, 0.6) is 0 Å². The van der Waals surface area contributed by atoms with Crippen molar-refractivity contribution in [3.8, 4) is 0 Å². The fourth-order valence-corrected chi connectivity index (χ4v) is 3.40. The van der Waals surface area contributed by atoms with Gasteiger partial charge in [-0.25, -0.2) is 9.37 Å². The van der Waals surface area contributed by atoms with Gasteiger partial charge in [0, 0.05) is 38.2 Å². The van der Waals surface area contributed by atoms with Crippen molar-refractivity contribution >= 4 is 0 Å². The van der Waals surface area contributed by atoms with Crippen LogP contribution in [0.3, 0.4) is 0 Å². The number of nitrogens with one attached hydrogen (secondary N) is 1. The van der Waals surface area contributed by atoms with Gasteiger partial charge in [-0.2, -0.15) is 0 Å². The van der Waals surface area contributed by atoms with E-state index >= 15 is 0 Å². The maximum absolute atomic E-state index is 14.0. The van der Waals surface area contributed by atoms with Gasteiger partial charge in [-0.1, -0.05) is 25.1 Å². The zero-order chi connectivity index (χ0) is 17.9. The molecule has 2 heterocycles. The Kier molecular flexibility index (Phi) is 5.51. The summed E-state index contributed by atoms with van der Waals surface area (Å²) in [6.07, 6.45) is 1.23. The summed E-state index contributed by atoms with van der Waals surface area (Å²) in [6, 6.07) is 6.67. The van der Waals surface area contributed by atoms with Gasteiger partial charge < -0.3 is 14.8 Å². The Morgan fingerprint density at radius 3 is 2.88 bits per heavy atom. The number of halogens is 1. The number of aromatic amines is 1. The first kappa shape index (κ1) is 18.0. The smallest absolute Gasteiger partial charge is 0.126 e. The maximum atomic E-state index is 14.0. The molecule has 1 aromatic carbocycles. The minimum absolute atomic E-state index is 0.141. The molecule has 0 aliphatic carbocycles. The monoisotopic (exact) mass is 347 g/mol. The second-order valence-corrected chi connectivity index (χ2v) is 6.78. The molecule has 0 unspecified atom stereocenters. The second-order valence-electron chi connectivity index (χ2n) is 6.78. The summed E-state index contributed by atoms with van der Waals surface area (Å²) in [6.45, 7) is 6.49. The molecule has 3 rings (SSSR count). The van der Waals surface area contributed by atoms with Crippen LogP contribution in [-0.2, 0) is 24.1 Å². The first-order chi connectivity index (χ1) is 12.0. The molecule has 1 aromatic heterocycles. The number of hydrogen-bond donors (Lipinski definition) is 2. The van der Waals surface area contributed by atoms with Gasteiger partial charge in [-0.3, -0.25) is 4.90 Å². The van der Waals surface area contributed by atoms with E-state index in [0.717, 1.165) is 30.2 Å². The van der Waals surface area contributed by atoms with Crippen LogP contribution in [0.15, 0.2) is 24.3 Å². The van der Waals surface area contributed by atoms with E-state index in [0.29, 0.717) is 31.7 Å². The largest absolute Gasteiger partial charge is 0.393 e. The number of benzene rings is 1. The highest BCUT2D eigenvalue weighted by Crippen LogP contribution is 2.25. The topological polar surface area (TPSA) is 61.4 Å². The average molecular weight is 347 g/mol. The van der Waals surface area contributed by atoms with Crippen molar-refractivity contribution in [2.24, 2.45) is 0 Å². The van der Waals surface area contributed by atoms with Gasteiger partial charge in [0.1, 0.15) is 17.2 Å². The lowest BCUT2D eigenvalue weighted by molar-refractivity contribution is -0.134. The Morgan fingerprint density at radius 2 is 2.20 bits per heavy atom. The molecule has 1 fully saturated rings. The summed E-state index contributed by atoms with van der Waals surface area (Å²) in [5.41, 5.74) is 1.89. The number of imidazole rings is 1. The Balaban J connectivity index is 1.73. The first-order valence-electron chi connectivity index (χ1n) is 8.80. The summed E-state index contributed by atoms with van der Waals surface area (Å²) < 4.78 is 19.9. The van der Waals surface area contributed by atoms with Crippen molar-refractivity contribution in [2.45, 2.75) is 38.8 Å². The third-order valence-corrected chi connectivity index (χ3v) is 4.83. The fourth-order valence-electron chi connectivity index (χ4n) is 3.40. The van der Waals surface area contributed by atoms with Crippen molar-refractivity contribution in [3.63, 3.8) is 0 Å². The van der Waals surface area contributed by atoms with E-state index in [-0.39, 0.29) is 12.4 Å². The SMILES string of the molecule is CCc1nc(CN2CCO[C@@](CO)(Cc3ccccc3F)C2)c(C)[nH]1. The van der Waals surface area contributed by atoms with Crippen molar-refractivity contribution in [2.75, 3.05) is 26.3 Å². The van der Waals surface area contributed by atoms with Crippen LogP contribution in [0.1, 0.15) is 29.7 Å². The summed E-state index contributed by atoms with van der Waals surface area (Å²) in [7, 11) is 0. The lowest BCUT2D eigenvalue weighted by Crippen LogP contribution is -2.55. The number of aryl methyl sites for hydroxylation is 2. The van der Waals surface area contributed by atoms with E-state index < -0.39 is 5.60 Å². The third-order valence-electron chi connectivity index (χ3n) is 4.83. The van der Waals surface area contributed by atoms with Crippen LogP contribution < -0.4 is 0 Å². The molecule has 136 valence electrons. The van der Waals surface area contributed by atoms with Crippen LogP contribution >= 0.6 is 0 Å². The molecule has 1 saturated heterocycles. The van der Waals surface area contributed by atoms with Gasteiger partial charge in [-0.05, 0) is 18.6 Å². The molecule has 5 nitrogen and oxygen atoms in total. The van der Waals surface area contributed by atoms with Crippen molar-refractivity contribution in [1.29, 1.82) is 0 Å². The van der Waals surface area contributed by atoms with Crippen LogP contribution in [0.2, 0.25) is 0 Å². The van der Waals surface area contributed by atoms with Gasteiger partial charge in [0.05, 0.1) is 18.9 Å². The quantitative estimate of drug-likeness (QED) is 0.841. The molecule has 6 heteroatoms. The zero-order valence-electron chi connectivity index (χ0n) is 14.9. The molecule has 0 radical (unpaired) electrons. The van der Waals surface area contributed by atoms with E-state index in [2.05, 4.69) is 21.8 Å². The first-order valence-corrected chi connectivity index (χ1v) is 8.80. The van der Waals surface area contributed by atoms with Crippen molar-refractivity contribution in [1.82, 2.24) is 14.9 Å². The molecule has 1 aliphatic rings. The molecule has 0 bridgehead atoms. The maximum Gasteiger partial charge on any atom is 0.126 e.